The fraction of sp³-hybridized carbons (Fsp3) is 0.467. The average Bonchev–Trinajstić information content (AvgIpc) is 2.71. The van der Waals surface area contributed by atoms with Gasteiger partial charge in [0, 0.05) is 21.5 Å². The van der Waals surface area contributed by atoms with E-state index in [9.17, 15) is 0 Å². The van der Waals surface area contributed by atoms with Gasteiger partial charge in [-0.3, -0.25) is 0 Å². The molecule has 0 aliphatic rings. The summed E-state index contributed by atoms with van der Waals surface area (Å²) >= 11 is 8.19. The van der Waals surface area contributed by atoms with E-state index in [-0.39, 0.29) is 0 Å². The number of halogens is 1. The predicted octanol–water partition coefficient (Wildman–Crippen LogP) is 3.99. The molecule has 1 heterocycles. The van der Waals surface area contributed by atoms with Gasteiger partial charge >= 0.3 is 0 Å². The van der Waals surface area contributed by atoms with Crippen LogP contribution in [0.1, 0.15) is 17.7 Å². The number of nitrogens with zero attached hydrogens (tertiary/aromatic N) is 1. The molecule has 0 aliphatic carbocycles. The highest BCUT2D eigenvalue weighted by Gasteiger charge is 2.08. The van der Waals surface area contributed by atoms with E-state index < -0.39 is 0 Å². The smallest absolute Gasteiger partial charge is 0.0636 e. The van der Waals surface area contributed by atoms with E-state index in [1.165, 1.54) is 27.8 Å². The molecule has 0 saturated carbocycles. The van der Waals surface area contributed by atoms with Crippen LogP contribution in [0.2, 0.25) is 5.02 Å². The first-order valence-corrected chi connectivity index (χ1v) is 7.89. The van der Waals surface area contributed by atoms with Gasteiger partial charge in [0.2, 0.25) is 0 Å². The van der Waals surface area contributed by atoms with Crippen LogP contribution in [0.25, 0.3) is 10.1 Å². The van der Waals surface area contributed by atoms with Gasteiger partial charge < -0.3 is 10.2 Å². The summed E-state index contributed by atoms with van der Waals surface area (Å²) in [6.45, 7) is 3.09. The van der Waals surface area contributed by atoms with Gasteiger partial charge in [-0.1, -0.05) is 29.8 Å². The van der Waals surface area contributed by atoms with Crippen molar-refractivity contribution in [3.63, 3.8) is 0 Å². The van der Waals surface area contributed by atoms with Crippen molar-refractivity contribution >= 4 is 33.0 Å². The predicted molar refractivity (Wildman–Crippen MR) is 86.3 cm³/mol. The van der Waals surface area contributed by atoms with Gasteiger partial charge in [-0.15, -0.1) is 11.3 Å². The minimum Gasteiger partial charge on any atom is -0.312 e. The summed E-state index contributed by atoms with van der Waals surface area (Å²) < 4.78 is 1.27. The molecule has 1 N–H and O–H groups in total. The lowest BCUT2D eigenvalue weighted by Gasteiger charge is -2.09. The number of hydrogen-bond acceptors (Lipinski definition) is 3. The molecule has 0 atom stereocenters. The van der Waals surface area contributed by atoms with Crippen molar-refractivity contribution in [2.75, 3.05) is 27.2 Å². The van der Waals surface area contributed by atoms with E-state index in [1.54, 1.807) is 11.3 Å². The normalized spacial score (nSPS) is 11.6. The minimum atomic E-state index is 0.875. The number of unbranched alkanes of at least 4 members (excludes halogenated alkanes) is 1. The zero-order valence-corrected chi connectivity index (χ0v) is 13.2. The molecule has 104 valence electrons. The lowest BCUT2D eigenvalue weighted by Crippen LogP contribution is -2.17. The lowest BCUT2D eigenvalue weighted by molar-refractivity contribution is 0.392. The molecule has 0 saturated heterocycles. The summed E-state index contributed by atoms with van der Waals surface area (Å²) in [6.07, 6.45) is 2.45. The van der Waals surface area contributed by atoms with E-state index in [1.807, 2.05) is 6.07 Å². The SMILES string of the molecule is CN(C)CCCCNCc1sc2ccccc2c1Cl. The van der Waals surface area contributed by atoms with Crippen LogP contribution < -0.4 is 5.32 Å². The molecule has 0 amide bonds. The molecule has 2 aromatic rings. The zero-order chi connectivity index (χ0) is 13.7. The van der Waals surface area contributed by atoms with Crippen molar-refractivity contribution in [3.8, 4) is 0 Å². The molecule has 0 fully saturated rings. The van der Waals surface area contributed by atoms with E-state index >= 15 is 0 Å². The Morgan fingerprint density at radius 2 is 2.00 bits per heavy atom. The maximum absolute atomic E-state index is 6.40. The van der Waals surface area contributed by atoms with Crippen LogP contribution in [0.5, 0.6) is 0 Å². The Labute approximate surface area is 124 Å². The fourth-order valence-corrected chi connectivity index (χ4v) is 3.53. The minimum absolute atomic E-state index is 0.875. The van der Waals surface area contributed by atoms with E-state index in [2.05, 4.69) is 42.5 Å². The van der Waals surface area contributed by atoms with Gasteiger partial charge in [0.15, 0.2) is 0 Å². The van der Waals surface area contributed by atoms with Gasteiger partial charge in [0.25, 0.3) is 0 Å². The van der Waals surface area contributed by atoms with Gasteiger partial charge in [0.05, 0.1) is 5.02 Å². The summed E-state index contributed by atoms with van der Waals surface area (Å²) in [5.74, 6) is 0. The molecule has 0 aliphatic heterocycles. The van der Waals surface area contributed by atoms with E-state index in [4.69, 9.17) is 11.6 Å². The molecule has 0 spiro atoms. The van der Waals surface area contributed by atoms with Crippen LogP contribution in [-0.4, -0.2) is 32.1 Å². The molecule has 0 bridgehead atoms. The number of nitrogens with one attached hydrogen (secondary N) is 1. The largest absolute Gasteiger partial charge is 0.312 e. The number of fused-ring (bicyclic) bond motifs is 1. The van der Waals surface area contributed by atoms with Crippen molar-refractivity contribution < 1.29 is 0 Å². The second-order valence-corrected chi connectivity index (χ2v) is 6.54. The highest BCUT2D eigenvalue weighted by Crippen LogP contribution is 2.34. The van der Waals surface area contributed by atoms with Crippen LogP contribution in [0, 0.1) is 0 Å². The number of rotatable bonds is 7. The average molecular weight is 297 g/mol. The Balaban J connectivity index is 1.80. The first-order valence-electron chi connectivity index (χ1n) is 6.70. The lowest BCUT2D eigenvalue weighted by atomic mass is 10.2. The molecule has 1 aromatic carbocycles. The Morgan fingerprint density at radius 1 is 1.21 bits per heavy atom. The van der Waals surface area contributed by atoms with E-state index in [0.717, 1.165) is 24.7 Å². The quantitative estimate of drug-likeness (QED) is 0.777. The zero-order valence-electron chi connectivity index (χ0n) is 11.6. The fourth-order valence-electron chi connectivity index (χ4n) is 2.06. The standard InChI is InChI=1S/C15H21ClN2S/c1-18(2)10-6-5-9-17-11-14-15(16)12-7-3-4-8-13(12)19-14/h3-4,7-8,17H,5-6,9-11H2,1-2H3. The van der Waals surface area contributed by atoms with Crippen LogP contribution in [0.15, 0.2) is 24.3 Å². The monoisotopic (exact) mass is 296 g/mol. The molecular weight excluding hydrogens is 276 g/mol. The first-order chi connectivity index (χ1) is 9.18. The first kappa shape index (κ1) is 14.8. The van der Waals surface area contributed by atoms with Crippen molar-refractivity contribution in [2.45, 2.75) is 19.4 Å². The Kier molecular flexibility index (Phi) is 5.64. The summed E-state index contributed by atoms with van der Waals surface area (Å²) in [6, 6.07) is 8.33. The van der Waals surface area contributed by atoms with Gasteiger partial charge in [-0.2, -0.15) is 0 Å². The van der Waals surface area contributed by atoms with Crippen LogP contribution >= 0.6 is 22.9 Å². The van der Waals surface area contributed by atoms with Crippen molar-refractivity contribution in [2.24, 2.45) is 0 Å². The molecule has 2 rings (SSSR count). The van der Waals surface area contributed by atoms with E-state index in [0.29, 0.717) is 0 Å². The maximum atomic E-state index is 6.40. The van der Waals surface area contributed by atoms with Gasteiger partial charge in [-0.05, 0) is 46.1 Å². The van der Waals surface area contributed by atoms with Crippen molar-refractivity contribution in [3.05, 3.63) is 34.2 Å². The third-order valence-electron chi connectivity index (χ3n) is 3.10. The Morgan fingerprint density at radius 3 is 2.74 bits per heavy atom. The molecule has 2 nitrogen and oxygen atoms in total. The number of hydrogen-bond donors (Lipinski definition) is 1. The molecule has 1 aromatic heterocycles. The van der Waals surface area contributed by atoms with Crippen LogP contribution in [0.3, 0.4) is 0 Å². The molecule has 19 heavy (non-hydrogen) atoms. The highest BCUT2D eigenvalue weighted by molar-refractivity contribution is 7.19. The van der Waals surface area contributed by atoms with Crippen LogP contribution in [-0.2, 0) is 6.54 Å². The summed E-state index contributed by atoms with van der Waals surface area (Å²) in [7, 11) is 4.23. The number of thiophene rings is 1. The van der Waals surface area contributed by atoms with Gasteiger partial charge in [0.1, 0.15) is 0 Å². The molecule has 0 unspecified atom stereocenters. The van der Waals surface area contributed by atoms with Crippen molar-refractivity contribution in [1.82, 2.24) is 10.2 Å². The topological polar surface area (TPSA) is 15.3 Å². The molecule has 4 heteroatoms. The summed E-state index contributed by atoms with van der Waals surface area (Å²) in [5.41, 5.74) is 0. The third-order valence-corrected chi connectivity index (χ3v) is 4.81. The maximum Gasteiger partial charge on any atom is 0.0636 e. The molecule has 0 radical (unpaired) electrons. The van der Waals surface area contributed by atoms with Gasteiger partial charge in [-0.25, -0.2) is 0 Å². The third kappa shape index (κ3) is 4.18. The summed E-state index contributed by atoms with van der Waals surface area (Å²) in [5, 5.41) is 5.58. The van der Waals surface area contributed by atoms with Crippen molar-refractivity contribution in [1.29, 1.82) is 0 Å². The Bertz CT molecular complexity index is 522. The summed E-state index contributed by atoms with van der Waals surface area (Å²) in [4.78, 5) is 3.47. The number of benzene rings is 1. The second kappa shape index (κ2) is 7.25. The molecular formula is C15H21ClN2S. The second-order valence-electron chi connectivity index (χ2n) is 5.02. The highest BCUT2D eigenvalue weighted by atomic mass is 35.5. The van der Waals surface area contributed by atoms with Crippen LogP contribution in [0.4, 0.5) is 0 Å². The Hall–Kier alpha value is -0.610.